The standard InChI is InChI=1S/C17H15N5O3S/c1-24-10-4-5-14(25-2)13(8-10)21-7-6-12-11(15(21)23)9-18-16-19-17(26-3)20-22(12)16/h4-9H,1-3H3. The molecule has 0 fully saturated rings. The number of hydrogen-bond donors (Lipinski definition) is 0. The molecule has 0 bridgehead atoms. The Balaban J connectivity index is 2.00. The SMILES string of the molecule is COc1ccc(OC)c(-n2ccc3c(cnc4nc(SC)nn43)c2=O)c1. The normalized spacial score (nSPS) is 11.2. The molecule has 3 heterocycles. The first-order valence-corrected chi connectivity index (χ1v) is 8.92. The smallest absolute Gasteiger partial charge is 0.266 e. The quantitative estimate of drug-likeness (QED) is 0.510. The molecule has 26 heavy (non-hydrogen) atoms. The number of aromatic nitrogens is 5. The number of pyridine rings is 1. The monoisotopic (exact) mass is 369 g/mol. The van der Waals surface area contributed by atoms with Crippen LogP contribution in [-0.4, -0.2) is 44.6 Å². The molecular weight excluding hydrogens is 354 g/mol. The Hall–Kier alpha value is -3.07. The van der Waals surface area contributed by atoms with E-state index in [4.69, 9.17) is 9.47 Å². The van der Waals surface area contributed by atoms with Crippen LogP contribution >= 0.6 is 11.8 Å². The van der Waals surface area contributed by atoms with E-state index in [1.165, 1.54) is 22.5 Å². The van der Waals surface area contributed by atoms with Gasteiger partial charge in [0.1, 0.15) is 11.5 Å². The van der Waals surface area contributed by atoms with E-state index in [0.29, 0.717) is 39.0 Å². The van der Waals surface area contributed by atoms with Gasteiger partial charge in [0.15, 0.2) is 0 Å². The molecule has 0 radical (unpaired) electrons. The average molecular weight is 369 g/mol. The molecule has 0 aliphatic heterocycles. The summed E-state index contributed by atoms with van der Waals surface area (Å²) in [6.07, 6.45) is 5.09. The van der Waals surface area contributed by atoms with Gasteiger partial charge < -0.3 is 9.47 Å². The predicted octanol–water partition coefficient (Wildman–Crippen LogP) is 2.17. The number of rotatable bonds is 4. The lowest BCUT2D eigenvalue weighted by atomic mass is 10.2. The zero-order valence-corrected chi connectivity index (χ0v) is 15.1. The molecule has 4 rings (SSSR count). The van der Waals surface area contributed by atoms with Crippen molar-refractivity contribution < 1.29 is 9.47 Å². The molecule has 0 saturated carbocycles. The molecule has 4 aromatic rings. The first-order valence-electron chi connectivity index (χ1n) is 7.70. The summed E-state index contributed by atoms with van der Waals surface area (Å²) in [4.78, 5) is 21.6. The predicted molar refractivity (Wildman–Crippen MR) is 98.8 cm³/mol. The summed E-state index contributed by atoms with van der Waals surface area (Å²) in [5.74, 6) is 1.65. The van der Waals surface area contributed by atoms with Gasteiger partial charge in [-0.2, -0.15) is 9.50 Å². The van der Waals surface area contributed by atoms with E-state index >= 15 is 0 Å². The highest BCUT2D eigenvalue weighted by atomic mass is 32.2. The highest BCUT2D eigenvalue weighted by molar-refractivity contribution is 7.98. The molecule has 0 atom stereocenters. The van der Waals surface area contributed by atoms with Gasteiger partial charge in [-0.05, 0) is 24.5 Å². The fourth-order valence-corrected chi connectivity index (χ4v) is 3.10. The Labute approximate surface area is 152 Å². The van der Waals surface area contributed by atoms with Crippen molar-refractivity contribution in [2.24, 2.45) is 0 Å². The second-order valence-electron chi connectivity index (χ2n) is 5.40. The van der Waals surface area contributed by atoms with Gasteiger partial charge in [-0.25, -0.2) is 4.98 Å². The van der Waals surface area contributed by atoms with Crippen molar-refractivity contribution in [2.75, 3.05) is 20.5 Å². The van der Waals surface area contributed by atoms with Gasteiger partial charge in [0, 0.05) is 18.5 Å². The summed E-state index contributed by atoms with van der Waals surface area (Å²) in [5.41, 5.74) is 0.998. The van der Waals surface area contributed by atoms with Crippen LogP contribution in [0.1, 0.15) is 0 Å². The minimum Gasteiger partial charge on any atom is -0.497 e. The van der Waals surface area contributed by atoms with Crippen molar-refractivity contribution in [3.05, 3.63) is 47.0 Å². The Bertz CT molecular complexity index is 1180. The summed E-state index contributed by atoms with van der Waals surface area (Å²) in [6.45, 7) is 0. The minimum atomic E-state index is -0.232. The zero-order chi connectivity index (χ0) is 18.3. The Kier molecular flexibility index (Phi) is 4.00. The molecule has 132 valence electrons. The van der Waals surface area contributed by atoms with Gasteiger partial charge in [0.2, 0.25) is 5.16 Å². The summed E-state index contributed by atoms with van der Waals surface area (Å²) >= 11 is 1.42. The van der Waals surface area contributed by atoms with E-state index in [-0.39, 0.29) is 5.56 Å². The van der Waals surface area contributed by atoms with Crippen LogP contribution in [0.2, 0.25) is 0 Å². The van der Waals surface area contributed by atoms with E-state index in [9.17, 15) is 4.79 Å². The molecule has 1 aromatic carbocycles. The van der Waals surface area contributed by atoms with Gasteiger partial charge in [-0.1, -0.05) is 11.8 Å². The third-order valence-electron chi connectivity index (χ3n) is 4.04. The van der Waals surface area contributed by atoms with Crippen molar-refractivity contribution >= 4 is 28.4 Å². The second kappa shape index (κ2) is 6.34. The molecule has 9 heteroatoms. The molecule has 8 nitrogen and oxygen atoms in total. The van der Waals surface area contributed by atoms with Gasteiger partial charge in [-0.15, -0.1) is 5.10 Å². The van der Waals surface area contributed by atoms with E-state index in [0.717, 1.165) is 0 Å². The summed E-state index contributed by atoms with van der Waals surface area (Å²) in [6, 6.07) is 7.09. The highest BCUT2D eigenvalue weighted by Crippen LogP contribution is 2.27. The molecule has 0 saturated heterocycles. The largest absolute Gasteiger partial charge is 0.497 e. The first-order chi connectivity index (χ1) is 12.7. The number of nitrogens with zero attached hydrogens (tertiary/aromatic N) is 5. The van der Waals surface area contributed by atoms with E-state index in [2.05, 4.69) is 15.1 Å². The van der Waals surface area contributed by atoms with Crippen LogP contribution in [0, 0.1) is 0 Å². The van der Waals surface area contributed by atoms with Crippen molar-refractivity contribution in [3.8, 4) is 17.2 Å². The van der Waals surface area contributed by atoms with E-state index < -0.39 is 0 Å². The summed E-state index contributed by atoms with van der Waals surface area (Å²) in [5, 5.41) is 5.41. The Morgan fingerprint density at radius 2 is 2.00 bits per heavy atom. The van der Waals surface area contributed by atoms with Crippen molar-refractivity contribution in [2.45, 2.75) is 5.16 Å². The molecular formula is C17H15N5O3S. The van der Waals surface area contributed by atoms with Crippen LogP contribution in [0.25, 0.3) is 22.4 Å². The fourth-order valence-electron chi connectivity index (χ4n) is 2.76. The lowest BCUT2D eigenvalue weighted by Crippen LogP contribution is -2.19. The molecule has 3 aromatic heterocycles. The lowest BCUT2D eigenvalue weighted by molar-refractivity contribution is 0.401. The van der Waals surface area contributed by atoms with Crippen LogP contribution in [-0.2, 0) is 0 Å². The first kappa shape index (κ1) is 16.4. The lowest BCUT2D eigenvalue weighted by Gasteiger charge is -2.13. The fraction of sp³-hybridized carbons (Fsp3) is 0.176. The maximum Gasteiger partial charge on any atom is 0.266 e. The molecule has 0 aliphatic carbocycles. The van der Waals surface area contributed by atoms with E-state index in [1.54, 1.807) is 43.1 Å². The third-order valence-corrected chi connectivity index (χ3v) is 4.58. The van der Waals surface area contributed by atoms with Gasteiger partial charge in [0.25, 0.3) is 11.3 Å². The molecule has 0 aliphatic rings. The Morgan fingerprint density at radius 1 is 1.15 bits per heavy atom. The molecule has 0 N–H and O–H groups in total. The van der Waals surface area contributed by atoms with Crippen LogP contribution < -0.4 is 15.0 Å². The van der Waals surface area contributed by atoms with Crippen LogP contribution in [0.15, 0.2) is 46.6 Å². The number of fused-ring (bicyclic) bond motifs is 3. The molecule has 0 amide bonds. The van der Waals surface area contributed by atoms with Gasteiger partial charge in [-0.3, -0.25) is 9.36 Å². The van der Waals surface area contributed by atoms with Crippen molar-refractivity contribution in [1.29, 1.82) is 0 Å². The van der Waals surface area contributed by atoms with E-state index in [1.807, 2.05) is 12.3 Å². The number of benzene rings is 1. The maximum absolute atomic E-state index is 13.1. The third kappa shape index (κ3) is 2.48. The summed E-state index contributed by atoms with van der Waals surface area (Å²) in [7, 11) is 3.13. The van der Waals surface area contributed by atoms with Gasteiger partial charge >= 0.3 is 0 Å². The number of ether oxygens (including phenoxy) is 2. The van der Waals surface area contributed by atoms with Crippen LogP contribution in [0.5, 0.6) is 11.5 Å². The van der Waals surface area contributed by atoms with Crippen LogP contribution in [0.3, 0.4) is 0 Å². The number of thioether (sulfide) groups is 1. The van der Waals surface area contributed by atoms with Crippen molar-refractivity contribution in [1.82, 2.24) is 24.1 Å². The van der Waals surface area contributed by atoms with Crippen molar-refractivity contribution in [3.63, 3.8) is 0 Å². The zero-order valence-electron chi connectivity index (χ0n) is 14.3. The second-order valence-corrected chi connectivity index (χ2v) is 6.17. The average Bonchev–Trinajstić information content (AvgIpc) is 3.11. The topological polar surface area (TPSA) is 83.5 Å². The minimum absolute atomic E-state index is 0.232. The molecule has 0 spiro atoms. The Morgan fingerprint density at radius 3 is 2.73 bits per heavy atom. The number of methoxy groups -OCH3 is 2. The van der Waals surface area contributed by atoms with Gasteiger partial charge in [0.05, 0.1) is 30.8 Å². The number of hydrogen-bond acceptors (Lipinski definition) is 7. The molecule has 0 unspecified atom stereocenters. The maximum atomic E-state index is 13.1. The highest BCUT2D eigenvalue weighted by Gasteiger charge is 2.14. The van der Waals surface area contributed by atoms with Crippen LogP contribution in [0.4, 0.5) is 0 Å². The summed E-state index contributed by atoms with van der Waals surface area (Å²) < 4.78 is 13.7.